The molecule has 1 amide bonds. The number of carbonyl (C=O) groups is 1. The van der Waals surface area contributed by atoms with Gasteiger partial charge in [-0.3, -0.25) is 4.79 Å². The molecule has 2 aromatic carbocycles. The molecule has 0 aliphatic heterocycles. The van der Waals surface area contributed by atoms with Crippen molar-refractivity contribution in [3.05, 3.63) is 59.7 Å². The van der Waals surface area contributed by atoms with Crippen LogP contribution >= 0.6 is 0 Å². The first-order valence-electron chi connectivity index (χ1n) is 7.37. The fourth-order valence-electron chi connectivity index (χ4n) is 2.05. The third-order valence-electron chi connectivity index (χ3n) is 3.33. The highest BCUT2D eigenvalue weighted by Gasteiger charge is 2.12. The van der Waals surface area contributed by atoms with Crippen molar-refractivity contribution in [3.8, 4) is 11.5 Å². The predicted molar refractivity (Wildman–Crippen MR) is 86.5 cm³/mol. The van der Waals surface area contributed by atoms with E-state index in [1.165, 1.54) is 0 Å². The van der Waals surface area contributed by atoms with Crippen LogP contribution in [0.3, 0.4) is 0 Å². The lowest BCUT2D eigenvalue weighted by molar-refractivity contribution is 0.0944. The fraction of sp³-hybridized carbons (Fsp3) is 0.278. The molecule has 2 N–H and O–H groups in total. The van der Waals surface area contributed by atoms with Crippen LogP contribution in [0.15, 0.2) is 48.5 Å². The molecule has 0 aromatic heterocycles. The summed E-state index contributed by atoms with van der Waals surface area (Å²) in [5, 5.41) is 12.7. The van der Waals surface area contributed by atoms with E-state index in [1.54, 1.807) is 12.1 Å². The average molecular weight is 299 g/mol. The van der Waals surface area contributed by atoms with Crippen molar-refractivity contribution in [1.82, 2.24) is 5.32 Å². The molecule has 116 valence electrons. The first-order chi connectivity index (χ1) is 10.6. The number of rotatable bonds is 6. The van der Waals surface area contributed by atoms with Crippen LogP contribution in [0.5, 0.6) is 11.5 Å². The maximum absolute atomic E-state index is 12.0. The van der Waals surface area contributed by atoms with Gasteiger partial charge in [0.25, 0.3) is 5.91 Å². The van der Waals surface area contributed by atoms with Crippen molar-refractivity contribution in [1.29, 1.82) is 0 Å². The minimum Gasteiger partial charge on any atom is -0.507 e. The van der Waals surface area contributed by atoms with E-state index in [-0.39, 0.29) is 17.2 Å². The number of phenols is 1. The SMILES string of the molecule is CC(C)c1ccc(C(=O)NCCOc2ccccc2)c(O)c1. The molecule has 0 saturated carbocycles. The summed E-state index contributed by atoms with van der Waals surface area (Å²) in [7, 11) is 0. The van der Waals surface area contributed by atoms with Gasteiger partial charge in [-0.25, -0.2) is 0 Å². The Labute approximate surface area is 130 Å². The zero-order valence-corrected chi connectivity index (χ0v) is 12.9. The molecule has 0 unspecified atom stereocenters. The number of amides is 1. The maximum Gasteiger partial charge on any atom is 0.255 e. The summed E-state index contributed by atoms with van der Waals surface area (Å²) < 4.78 is 5.50. The van der Waals surface area contributed by atoms with Crippen LogP contribution in [0.4, 0.5) is 0 Å². The fourth-order valence-corrected chi connectivity index (χ4v) is 2.05. The first-order valence-corrected chi connectivity index (χ1v) is 7.37. The van der Waals surface area contributed by atoms with Crippen LogP contribution in [0.2, 0.25) is 0 Å². The Bertz CT molecular complexity index is 623. The van der Waals surface area contributed by atoms with Crippen LogP contribution in [-0.4, -0.2) is 24.2 Å². The van der Waals surface area contributed by atoms with Crippen molar-refractivity contribution in [2.24, 2.45) is 0 Å². The second-order valence-corrected chi connectivity index (χ2v) is 5.35. The molecule has 0 saturated heterocycles. The first kappa shape index (κ1) is 15.9. The largest absolute Gasteiger partial charge is 0.507 e. The molecule has 0 atom stereocenters. The molecule has 0 heterocycles. The second-order valence-electron chi connectivity index (χ2n) is 5.35. The quantitative estimate of drug-likeness (QED) is 0.804. The van der Waals surface area contributed by atoms with Crippen LogP contribution in [0, 0.1) is 0 Å². The van der Waals surface area contributed by atoms with Crippen molar-refractivity contribution in [2.45, 2.75) is 19.8 Å². The van der Waals surface area contributed by atoms with Crippen LogP contribution in [-0.2, 0) is 0 Å². The summed E-state index contributed by atoms with van der Waals surface area (Å²) in [6.07, 6.45) is 0. The summed E-state index contributed by atoms with van der Waals surface area (Å²) in [6.45, 7) is 4.82. The minimum atomic E-state index is -0.301. The molecule has 0 aliphatic rings. The molecular weight excluding hydrogens is 278 g/mol. The van der Waals surface area contributed by atoms with E-state index >= 15 is 0 Å². The van der Waals surface area contributed by atoms with E-state index in [4.69, 9.17) is 4.74 Å². The monoisotopic (exact) mass is 299 g/mol. The number of para-hydroxylation sites is 1. The van der Waals surface area contributed by atoms with Crippen LogP contribution < -0.4 is 10.1 Å². The van der Waals surface area contributed by atoms with E-state index in [2.05, 4.69) is 5.32 Å². The summed E-state index contributed by atoms with van der Waals surface area (Å²) in [4.78, 5) is 12.0. The molecule has 4 heteroatoms. The predicted octanol–water partition coefficient (Wildman–Crippen LogP) is 3.32. The van der Waals surface area contributed by atoms with Gasteiger partial charge < -0.3 is 15.2 Å². The number of phenolic OH excluding ortho intramolecular Hbond substituents is 1. The highest BCUT2D eigenvalue weighted by Crippen LogP contribution is 2.23. The molecule has 22 heavy (non-hydrogen) atoms. The number of nitrogens with one attached hydrogen (secondary N) is 1. The van der Waals surface area contributed by atoms with Gasteiger partial charge >= 0.3 is 0 Å². The summed E-state index contributed by atoms with van der Waals surface area (Å²) in [5.74, 6) is 0.778. The molecule has 0 spiro atoms. The van der Waals surface area contributed by atoms with E-state index in [9.17, 15) is 9.90 Å². The molecule has 2 rings (SSSR count). The standard InChI is InChI=1S/C18H21NO3/c1-13(2)14-8-9-16(17(20)12-14)18(21)19-10-11-22-15-6-4-3-5-7-15/h3-9,12-13,20H,10-11H2,1-2H3,(H,19,21). The van der Waals surface area contributed by atoms with Crippen molar-refractivity contribution < 1.29 is 14.6 Å². The number of benzene rings is 2. The maximum atomic E-state index is 12.0. The summed E-state index contributed by atoms with van der Waals surface area (Å²) in [6, 6.07) is 14.6. The lowest BCUT2D eigenvalue weighted by Gasteiger charge is -2.11. The van der Waals surface area contributed by atoms with Gasteiger partial charge in [0.2, 0.25) is 0 Å². The Morgan fingerprint density at radius 3 is 2.55 bits per heavy atom. The average Bonchev–Trinajstić information content (AvgIpc) is 2.52. The van der Waals surface area contributed by atoms with Crippen LogP contribution in [0.1, 0.15) is 35.7 Å². The van der Waals surface area contributed by atoms with Gasteiger partial charge in [0.15, 0.2) is 0 Å². The normalized spacial score (nSPS) is 10.5. The number of aromatic hydroxyl groups is 1. The molecule has 0 radical (unpaired) electrons. The van der Waals surface area contributed by atoms with Gasteiger partial charge in [-0.1, -0.05) is 38.1 Å². The van der Waals surface area contributed by atoms with Gasteiger partial charge in [0.05, 0.1) is 12.1 Å². The highest BCUT2D eigenvalue weighted by atomic mass is 16.5. The van der Waals surface area contributed by atoms with E-state index in [0.29, 0.717) is 19.1 Å². The topological polar surface area (TPSA) is 58.6 Å². The Morgan fingerprint density at radius 1 is 1.18 bits per heavy atom. The van der Waals surface area contributed by atoms with E-state index < -0.39 is 0 Å². The van der Waals surface area contributed by atoms with Crippen molar-refractivity contribution in [2.75, 3.05) is 13.2 Å². The lowest BCUT2D eigenvalue weighted by atomic mass is 10.0. The third kappa shape index (κ3) is 4.25. The van der Waals surface area contributed by atoms with Gasteiger partial charge in [0, 0.05) is 0 Å². The second kappa shape index (κ2) is 7.50. The van der Waals surface area contributed by atoms with E-state index in [0.717, 1.165) is 11.3 Å². The van der Waals surface area contributed by atoms with Crippen LogP contribution in [0.25, 0.3) is 0 Å². The Morgan fingerprint density at radius 2 is 1.91 bits per heavy atom. The number of hydrogen-bond acceptors (Lipinski definition) is 3. The number of carbonyl (C=O) groups excluding carboxylic acids is 1. The zero-order valence-electron chi connectivity index (χ0n) is 12.9. The summed E-state index contributed by atoms with van der Waals surface area (Å²) in [5.41, 5.74) is 1.28. The summed E-state index contributed by atoms with van der Waals surface area (Å²) >= 11 is 0. The number of ether oxygens (including phenoxy) is 1. The van der Waals surface area contributed by atoms with Gasteiger partial charge in [0.1, 0.15) is 18.1 Å². The Balaban J connectivity index is 1.85. The van der Waals surface area contributed by atoms with Crippen molar-refractivity contribution >= 4 is 5.91 Å². The number of hydrogen-bond donors (Lipinski definition) is 2. The van der Waals surface area contributed by atoms with Gasteiger partial charge in [-0.2, -0.15) is 0 Å². The van der Waals surface area contributed by atoms with Gasteiger partial charge in [-0.05, 0) is 35.7 Å². The minimum absolute atomic E-state index is 0.00711. The molecule has 0 aliphatic carbocycles. The van der Waals surface area contributed by atoms with E-state index in [1.807, 2.05) is 50.2 Å². The van der Waals surface area contributed by atoms with Crippen molar-refractivity contribution in [3.63, 3.8) is 0 Å². The zero-order chi connectivity index (χ0) is 15.9. The third-order valence-corrected chi connectivity index (χ3v) is 3.33. The smallest absolute Gasteiger partial charge is 0.255 e. The Hall–Kier alpha value is -2.49. The van der Waals surface area contributed by atoms with Gasteiger partial charge in [-0.15, -0.1) is 0 Å². The highest BCUT2D eigenvalue weighted by molar-refractivity contribution is 5.96. The molecule has 0 fully saturated rings. The molecule has 4 nitrogen and oxygen atoms in total. The molecule has 2 aromatic rings. The lowest BCUT2D eigenvalue weighted by Crippen LogP contribution is -2.28. The Kier molecular flexibility index (Phi) is 5.42. The molecular formula is C18H21NO3. The molecule has 0 bridgehead atoms.